The number of hydrogen-bond donors (Lipinski definition) is 2. The molecule has 0 atom stereocenters. The highest BCUT2D eigenvalue weighted by molar-refractivity contribution is 7.99. The second-order valence-corrected chi connectivity index (χ2v) is 8.24. The van der Waals surface area contributed by atoms with E-state index in [2.05, 4.69) is 25.8 Å². The summed E-state index contributed by atoms with van der Waals surface area (Å²) in [7, 11) is 1.85. The normalized spacial score (nSPS) is 10.6. The first-order valence-corrected chi connectivity index (χ1v) is 11.2. The maximum Gasteiger partial charge on any atom is 0.255 e. The quantitative estimate of drug-likeness (QED) is 0.403. The van der Waals surface area contributed by atoms with E-state index in [1.54, 1.807) is 42.7 Å². The number of hydrogen-bond acceptors (Lipinski definition) is 6. The summed E-state index contributed by atoms with van der Waals surface area (Å²) in [5.74, 6) is 0.467. The van der Waals surface area contributed by atoms with Gasteiger partial charge in [-0.2, -0.15) is 0 Å². The van der Waals surface area contributed by atoms with Crippen LogP contribution in [0, 0.1) is 6.92 Å². The largest absolute Gasteiger partial charge is 0.325 e. The Morgan fingerprint density at radius 2 is 1.76 bits per heavy atom. The highest BCUT2D eigenvalue weighted by Gasteiger charge is 2.14. The van der Waals surface area contributed by atoms with Gasteiger partial charge in [-0.15, -0.1) is 10.2 Å². The van der Waals surface area contributed by atoms with Crippen molar-refractivity contribution in [3.63, 3.8) is 0 Å². The molecule has 2 amide bonds. The number of pyridine rings is 1. The summed E-state index contributed by atoms with van der Waals surface area (Å²) in [5.41, 5.74) is 3.55. The molecule has 2 N–H and O–H groups in total. The minimum Gasteiger partial charge on any atom is -0.325 e. The molecule has 0 saturated heterocycles. The molecule has 2 aromatic heterocycles. The number of carbonyl (C=O) groups excluding carboxylic acids is 2. The molecule has 0 saturated carbocycles. The van der Waals surface area contributed by atoms with E-state index in [1.807, 2.05) is 48.9 Å². The van der Waals surface area contributed by atoms with Crippen LogP contribution in [0.15, 0.2) is 78.2 Å². The summed E-state index contributed by atoms with van der Waals surface area (Å²) >= 11 is 1.29. The molecule has 4 rings (SSSR count). The second-order valence-electron chi connectivity index (χ2n) is 7.29. The van der Waals surface area contributed by atoms with E-state index < -0.39 is 0 Å². The summed E-state index contributed by atoms with van der Waals surface area (Å²) < 4.78 is 1.83. The fourth-order valence-electron chi connectivity index (χ4n) is 3.21. The van der Waals surface area contributed by atoms with Crippen molar-refractivity contribution in [2.75, 3.05) is 16.4 Å². The predicted octanol–water partition coefficient (Wildman–Crippen LogP) is 4.17. The fourth-order valence-corrected chi connectivity index (χ4v) is 3.93. The first-order chi connectivity index (χ1) is 16.0. The zero-order chi connectivity index (χ0) is 23.2. The Labute approximate surface area is 195 Å². The summed E-state index contributed by atoms with van der Waals surface area (Å²) in [6.45, 7) is 1.89. The number of nitrogens with zero attached hydrogens (tertiary/aromatic N) is 4. The van der Waals surface area contributed by atoms with E-state index in [-0.39, 0.29) is 17.6 Å². The maximum atomic E-state index is 12.5. The average Bonchev–Trinajstić information content (AvgIpc) is 3.19. The van der Waals surface area contributed by atoms with Crippen LogP contribution in [-0.2, 0) is 11.8 Å². The molecule has 0 unspecified atom stereocenters. The fraction of sp³-hybridized carbons (Fsp3) is 0.125. The molecule has 0 radical (unpaired) electrons. The molecule has 0 bridgehead atoms. The highest BCUT2D eigenvalue weighted by atomic mass is 32.2. The van der Waals surface area contributed by atoms with Crippen LogP contribution in [0.4, 0.5) is 11.4 Å². The van der Waals surface area contributed by atoms with Crippen molar-refractivity contribution in [2.45, 2.75) is 12.1 Å². The minimum absolute atomic E-state index is 0.165. The number of nitrogens with one attached hydrogen (secondary N) is 2. The van der Waals surface area contributed by atoms with E-state index in [0.29, 0.717) is 27.9 Å². The molecular weight excluding hydrogens is 436 g/mol. The molecule has 0 fully saturated rings. The topological polar surface area (TPSA) is 102 Å². The summed E-state index contributed by atoms with van der Waals surface area (Å²) in [4.78, 5) is 29.1. The van der Waals surface area contributed by atoms with Gasteiger partial charge in [-0.1, -0.05) is 36.0 Å². The molecule has 0 aliphatic carbocycles. The zero-order valence-electron chi connectivity index (χ0n) is 18.1. The summed E-state index contributed by atoms with van der Waals surface area (Å²) in [5, 5.41) is 14.7. The Morgan fingerprint density at radius 3 is 2.52 bits per heavy atom. The summed E-state index contributed by atoms with van der Waals surface area (Å²) in [6, 6.07) is 18.2. The van der Waals surface area contributed by atoms with Crippen LogP contribution in [0.25, 0.3) is 11.4 Å². The second kappa shape index (κ2) is 10.1. The van der Waals surface area contributed by atoms with Gasteiger partial charge < -0.3 is 15.2 Å². The smallest absolute Gasteiger partial charge is 0.255 e. The molecular formula is C24H22N6O2S. The molecule has 33 heavy (non-hydrogen) atoms. The first-order valence-electron chi connectivity index (χ1n) is 10.2. The lowest BCUT2D eigenvalue weighted by atomic mass is 10.1. The molecule has 0 aliphatic rings. The third kappa shape index (κ3) is 5.45. The Balaban J connectivity index is 1.35. The number of anilines is 2. The Morgan fingerprint density at radius 1 is 0.970 bits per heavy atom. The van der Waals surface area contributed by atoms with E-state index in [9.17, 15) is 9.59 Å². The van der Waals surface area contributed by atoms with Crippen LogP contribution in [0.3, 0.4) is 0 Å². The molecule has 166 valence electrons. The molecule has 4 aromatic rings. The lowest BCUT2D eigenvalue weighted by Gasteiger charge is -2.10. The Bertz CT molecular complexity index is 1290. The van der Waals surface area contributed by atoms with E-state index in [1.165, 1.54) is 11.8 Å². The SMILES string of the molecule is Cc1ccccc1C(=O)Nc1cccc(NC(=O)CSc2nnc(-c3cccnc3)n2C)c1. The van der Waals surface area contributed by atoms with Gasteiger partial charge in [0, 0.05) is 41.9 Å². The van der Waals surface area contributed by atoms with Crippen LogP contribution < -0.4 is 10.6 Å². The van der Waals surface area contributed by atoms with E-state index in [0.717, 1.165) is 11.1 Å². The van der Waals surface area contributed by atoms with Gasteiger partial charge >= 0.3 is 0 Å². The Hall–Kier alpha value is -3.98. The van der Waals surface area contributed by atoms with Gasteiger partial charge in [0.1, 0.15) is 0 Å². The molecule has 0 spiro atoms. The van der Waals surface area contributed by atoms with E-state index in [4.69, 9.17) is 0 Å². The highest BCUT2D eigenvalue weighted by Crippen LogP contribution is 2.22. The third-order valence-corrected chi connectivity index (χ3v) is 5.90. The Kier molecular flexibility index (Phi) is 6.80. The van der Waals surface area contributed by atoms with Crippen LogP contribution in [-0.4, -0.2) is 37.3 Å². The predicted molar refractivity (Wildman–Crippen MR) is 129 cm³/mol. The summed E-state index contributed by atoms with van der Waals surface area (Å²) in [6.07, 6.45) is 3.42. The minimum atomic E-state index is -0.196. The van der Waals surface area contributed by atoms with Crippen LogP contribution in [0.1, 0.15) is 15.9 Å². The van der Waals surface area contributed by atoms with Crippen molar-refractivity contribution < 1.29 is 9.59 Å². The maximum absolute atomic E-state index is 12.5. The van der Waals surface area contributed by atoms with Crippen LogP contribution >= 0.6 is 11.8 Å². The van der Waals surface area contributed by atoms with E-state index >= 15 is 0 Å². The number of benzene rings is 2. The van der Waals surface area contributed by atoms with Gasteiger partial charge in [-0.3, -0.25) is 14.6 Å². The van der Waals surface area contributed by atoms with Crippen LogP contribution in [0.5, 0.6) is 0 Å². The van der Waals surface area contributed by atoms with Gasteiger partial charge in [0.05, 0.1) is 5.75 Å². The van der Waals surface area contributed by atoms with Gasteiger partial charge in [0.15, 0.2) is 11.0 Å². The zero-order valence-corrected chi connectivity index (χ0v) is 19.0. The molecule has 0 aliphatic heterocycles. The average molecular weight is 459 g/mol. The van der Waals surface area contributed by atoms with Crippen molar-refractivity contribution >= 4 is 35.0 Å². The van der Waals surface area contributed by atoms with Gasteiger partial charge in [-0.25, -0.2) is 0 Å². The number of amides is 2. The van der Waals surface area contributed by atoms with Gasteiger partial charge in [0.25, 0.3) is 5.91 Å². The number of aromatic nitrogens is 4. The van der Waals surface area contributed by atoms with Crippen molar-refractivity contribution in [1.82, 2.24) is 19.7 Å². The van der Waals surface area contributed by atoms with Gasteiger partial charge in [0.2, 0.25) is 5.91 Å². The molecule has 8 nitrogen and oxygen atoms in total. The molecule has 2 aromatic carbocycles. The number of aryl methyl sites for hydroxylation is 1. The first kappa shape index (κ1) is 22.2. The number of thioether (sulfide) groups is 1. The van der Waals surface area contributed by atoms with Crippen molar-refractivity contribution in [1.29, 1.82) is 0 Å². The number of rotatable bonds is 7. The molecule has 9 heteroatoms. The monoisotopic (exact) mass is 458 g/mol. The van der Waals surface area contributed by atoms with Crippen LogP contribution in [0.2, 0.25) is 0 Å². The standard InChI is InChI=1S/C24H22N6O2S/c1-16-7-3-4-11-20(16)23(32)27-19-10-5-9-18(13-19)26-21(31)15-33-24-29-28-22(30(24)2)17-8-6-12-25-14-17/h3-14H,15H2,1-2H3,(H,26,31)(H,27,32). The lowest BCUT2D eigenvalue weighted by Crippen LogP contribution is -2.16. The van der Waals surface area contributed by atoms with Crippen molar-refractivity contribution in [2.24, 2.45) is 7.05 Å². The van der Waals surface area contributed by atoms with Gasteiger partial charge in [-0.05, 0) is 48.9 Å². The van der Waals surface area contributed by atoms with Crippen molar-refractivity contribution in [3.05, 3.63) is 84.2 Å². The number of carbonyl (C=O) groups is 2. The molecule has 2 heterocycles. The lowest BCUT2D eigenvalue weighted by molar-refractivity contribution is -0.113. The van der Waals surface area contributed by atoms with Crippen molar-refractivity contribution in [3.8, 4) is 11.4 Å². The third-order valence-electron chi connectivity index (χ3n) is 4.88.